The zero-order valence-corrected chi connectivity index (χ0v) is 16.0. The van der Waals surface area contributed by atoms with Crippen molar-refractivity contribution in [2.24, 2.45) is 10.1 Å². The van der Waals surface area contributed by atoms with Crippen LogP contribution >= 0.6 is 22.7 Å². The van der Waals surface area contributed by atoms with Gasteiger partial charge < -0.3 is 0 Å². The quantitative estimate of drug-likeness (QED) is 0.584. The van der Waals surface area contributed by atoms with Gasteiger partial charge in [-0.25, -0.2) is 4.68 Å². The molecule has 0 aliphatic carbocycles. The van der Waals surface area contributed by atoms with Crippen molar-refractivity contribution in [2.75, 3.05) is 6.54 Å². The number of thiazole rings is 1. The smallest absolute Gasteiger partial charge is 0.206 e. The molecule has 0 aliphatic heterocycles. The summed E-state index contributed by atoms with van der Waals surface area (Å²) in [5.41, 5.74) is 5.86. The highest BCUT2D eigenvalue weighted by Gasteiger charge is 2.10. The Hall–Kier alpha value is -1.98. The third kappa shape index (κ3) is 3.42. The van der Waals surface area contributed by atoms with Gasteiger partial charge in [-0.15, -0.1) is 22.7 Å². The molecule has 0 saturated heterocycles. The van der Waals surface area contributed by atoms with Gasteiger partial charge in [0.25, 0.3) is 0 Å². The topological polar surface area (TPSA) is 29.6 Å². The third-order valence-corrected chi connectivity index (χ3v) is 5.74. The predicted octanol–water partition coefficient (Wildman–Crippen LogP) is 5.09. The van der Waals surface area contributed by atoms with E-state index in [1.54, 1.807) is 22.7 Å². The normalized spacial score (nSPS) is 12.8. The number of aromatic nitrogens is 1. The Kier molecular flexibility index (Phi) is 5.11. The van der Waals surface area contributed by atoms with Crippen LogP contribution in [0.5, 0.6) is 0 Å². The zero-order chi connectivity index (χ0) is 17.1. The van der Waals surface area contributed by atoms with Crippen LogP contribution in [-0.2, 0) is 0 Å². The predicted molar refractivity (Wildman–Crippen MR) is 105 cm³/mol. The molecule has 0 atom stereocenters. The maximum atomic E-state index is 4.87. The van der Waals surface area contributed by atoms with Crippen LogP contribution in [0.25, 0.3) is 11.3 Å². The Balaban J connectivity index is 2.16. The van der Waals surface area contributed by atoms with Crippen LogP contribution in [0.3, 0.4) is 0 Å². The third-order valence-electron chi connectivity index (χ3n) is 3.91. The first-order chi connectivity index (χ1) is 11.6. The van der Waals surface area contributed by atoms with E-state index >= 15 is 0 Å². The van der Waals surface area contributed by atoms with Gasteiger partial charge in [0.05, 0.1) is 16.3 Å². The number of hydrogen-bond donors (Lipinski definition) is 0. The zero-order valence-electron chi connectivity index (χ0n) is 14.4. The summed E-state index contributed by atoms with van der Waals surface area (Å²) in [6.07, 6.45) is 0. The Morgan fingerprint density at radius 2 is 1.96 bits per heavy atom. The van der Waals surface area contributed by atoms with E-state index in [0.29, 0.717) is 0 Å². The highest BCUT2D eigenvalue weighted by Crippen LogP contribution is 2.23. The average Bonchev–Trinajstić information content (AvgIpc) is 3.21. The van der Waals surface area contributed by atoms with Crippen LogP contribution in [0.4, 0.5) is 0 Å². The maximum absolute atomic E-state index is 4.87. The lowest BCUT2D eigenvalue weighted by atomic mass is 10.1. The van der Waals surface area contributed by atoms with Gasteiger partial charge in [-0.1, -0.05) is 18.2 Å². The lowest BCUT2D eigenvalue weighted by Crippen LogP contribution is -2.14. The maximum Gasteiger partial charge on any atom is 0.206 e. The van der Waals surface area contributed by atoms with Crippen molar-refractivity contribution in [3.05, 3.63) is 61.9 Å². The minimum Gasteiger partial charge on any atom is -0.258 e. The molecule has 0 saturated carbocycles. The van der Waals surface area contributed by atoms with Crippen molar-refractivity contribution in [3.63, 3.8) is 0 Å². The van der Waals surface area contributed by atoms with Crippen molar-refractivity contribution in [2.45, 2.75) is 27.7 Å². The lowest BCUT2D eigenvalue weighted by molar-refractivity contribution is 0.828. The fraction of sp³-hybridized carbons (Fsp3) is 0.263. The standard InChI is InChI=1S/C19H21N3S2/c1-5-20-19-22(21-15(4)18-7-6-10-23-18)17(12-24-19)16-9-8-13(2)14(3)11-16/h6-12H,5H2,1-4H3. The summed E-state index contributed by atoms with van der Waals surface area (Å²) in [6.45, 7) is 9.14. The molecular weight excluding hydrogens is 334 g/mol. The molecule has 2 heterocycles. The van der Waals surface area contributed by atoms with Crippen LogP contribution in [-0.4, -0.2) is 16.9 Å². The van der Waals surface area contributed by atoms with Crippen molar-refractivity contribution in [1.82, 2.24) is 4.68 Å². The van der Waals surface area contributed by atoms with E-state index in [-0.39, 0.29) is 0 Å². The number of aryl methyl sites for hydroxylation is 2. The van der Waals surface area contributed by atoms with E-state index < -0.39 is 0 Å². The minimum absolute atomic E-state index is 0.750. The average molecular weight is 356 g/mol. The van der Waals surface area contributed by atoms with Crippen molar-refractivity contribution >= 4 is 28.4 Å². The number of nitrogens with zero attached hydrogens (tertiary/aromatic N) is 3. The molecule has 0 fully saturated rings. The summed E-state index contributed by atoms with van der Waals surface area (Å²) in [5, 5.41) is 9.09. The second-order valence-electron chi connectivity index (χ2n) is 5.65. The van der Waals surface area contributed by atoms with E-state index in [0.717, 1.165) is 22.8 Å². The van der Waals surface area contributed by atoms with Crippen molar-refractivity contribution in [1.29, 1.82) is 0 Å². The van der Waals surface area contributed by atoms with Crippen LogP contribution in [0.2, 0.25) is 0 Å². The molecule has 5 heteroatoms. The van der Waals surface area contributed by atoms with E-state index in [2.05, 4.69) is 73.8 Å². The van der Waals surface area contributed by atoms with Crippen molar-refractivity contribution < 1.29 is 0 Å². The molecule has 0 unspecified atom stereocenters. The molecular formula is C19H21N3S2. The molecule has 1 aromatic carbocycles. The molecule has 0 N–H and O–H groups in total. The first-order valence-electron chi connectivity index (χ1n) is 7.98. The van der Waals surface area contributed by atoms with Gasteiger partial charge in [-0.05, 0) is 56.3 Å². The number of rotatable bonds is 4. The summed E-state index contributed by atoms with van der Waals surface area (Å²) in [5.74, 6) is 0. The fourth-order valence-corrected chi connectivity index (χ4v) is 3.99. The van der Waals surface area contributed by atoms with Gasteiger partial charge in [0.15, 0.2) is 0 Å². The van der Waals surface area contributed by atoms with E-state index in [9.17, 15) is 0 Å². The van der Waals surface area contributed by atoms with Crippen LogP contribution in [0, 0.1) is 13.8 Å². The molecule has 2 aromatic heterocycles. The Bertz CT molecular complexity index is 928. The molecule has 124 valence electrons. The fourth-order valence-electron chi connectivity index (χ4n) is 2.42. The van der Waals surface area contributed by atoms with Gasteiger partial charge in [0.2, 0.25) is 4.80 Å². The van der Waals surface area contributed by atoms with E-state index in [1.165, 1.54) is 21.6 Å². The molecule has 0 bridgehead atoms. The molecule has 24 heavy (non-hydrogen) atoms. The Morgan fingerprint density at radius 3 is 2.62 bits per heavy atom. The molecule has 0 radical (unpaired) electrons. The molecule has 0 spiro atoms. The first-order valence-corrected chi connectivity index (χ1v) is 9.74. The second-order valence-corrected chi connectivity index (χ2v) is 7.44. The number of hydrogen-bond acceptors (Lipinski definition) is 4. The highest BCUT2D eigenvalue weighted by molar-refractivity contribution is 7.12. The van der Waals surface area contributed by atoms with Crippen molar-refractivity contribution in [3.8, 4) is 11.3 Å². The summed E-state index contributed by atoms with van der Waals surface area (Å²) >= 11 is 3.34. The summed E-state index contributed by atoms with van der Waals surface area (Å²) < 4.78 is 1.98. The van der Waals surface area contributed by atoms with Crippen LogP contribution in [0.1, 0.15) is 29.9 Å². The van der Waals surface area contributed by atoms with Gasteiger partial charge in [0, 0.05) is 17.5 Å². The van der Waals surface area contributed by atoms with Gasteiger partial charge >= 0.3 is 0 Å². The number of benzene rings is 1. The summed E-state index contributed by atoms with van der Waals surface area (Å²) in [6, 6.07) is 10.7. The van der Waals surface area contributed by atoms with Gasteiger partial charge in [-0.3, -0.25) is 4.99 Å². The molecule has 3 nitrogen and oxygen atoms in total. The highest BCUT2D eigenvalue weighted by atomic mass is 32.1. The lowest BCUT2D eigenvalue weighted by Gasteiger charge is -2.07. The molecule has 3 rings (SSSR count). The van der Waals surface area contributed by atoms with Gasteiger partial charge in [0.1, 0.15) is 0 Å². The number of thiophene rings is 1. The SMILES string of the molecule is CCN=c1scc(-c2ccc(C)c(C)c2)n1N=C(C)c1cccs1. The van der Waals surface area contributed by atoms with E-state index in [4.69, 9.17) is 5.10 Å². The molecule has 0 amide bonds. The Morgan fingerprint density at radius 1 is 1.12 bits per heavy atom. The minimum atomic E-state index is 0.750. The first kappa shape index (κ1) is 16.9. The summed E-state index contributed by atoms with van der Waals surface area (Å²) in [4.78, 5) is 6.72. The summed E-state index contributed by atoms with van der Waals surface area (Å²) in [7, 11) is 0. The molecule has 0 aliphatic rings. The Labute approximate surface area is 150 Å². The van der Waals surface area contributed by atoms with Crippen LogP contribution in [0.15, 0.2) is 51.2 Å². The van der Waals surface area contributed by atoms with Gasteiger partial charge in [-0.2, -0.15) is 5.10 Å². The largest absolute Gasteiger partial charge is 0.258 e. The monoisotopic (exact) mass is 355 g/mol. The van der Waals surface area contributed by atoms with E-state index in [1.807, 2.05) is 4.68 Å². The molecule has 3 aromatic rings. The van der Waals surface area contributed by atoms with Crippen LogP contribution < -0.4 is 4.80 Å². The second kappa shape index (κ2) is 7.28.